The van der Waals surface area contributed by atoms with Crippen LogP contribution < -0.4 is 0 Å². The van der Waals surface area contributed by atoms with Gasteiger partial charge in [0, 0.05) is 11.8 Å². The molecule has 2 heteroatoms. The Kier molecular flexibility index (Phi) is 4.65. The van der Waals surface area contributed by atoms with Gasteiger partial charge in [-0.05, 0) is 48.6 Å². The number of rotatable bonds is 3. The van der Waals surface area contributed by atoms with Crippen LogP contribution in [0.1, 0.15) is 37.0 Å². The van der Waals surface area contributed by atoms with Crippen LogP contribution in [0.25, 0.3) is 0 Å². The van der Waals surface area contributed by atoms with Crippen molar-refractivity contribution in [2.24, 2.45) is 10.9 Å². The van der Waals surface area contributed by atoms with Gasteiger partial charge in [-0.1, -0.05) is 32.1 Å². The Labute approximate surface area is 114 Å². The molecule has 0 saturated heterocycles. The van der Waals surface area contributed by atoms with Crippen LogP contribution >= 0.6 is 11.8 Å². The summed E-state index contributed by atoms with van der Waals surface area (Å²) in [4.78, 5) is 4.55. The predicted octanol–water partition coefficient (Wildman–Crippen LogP) is 4.45. The summed E-state index contributed by atoms with van der Waals surface area (Å²) in [5, 5.41) is 1.11. The third-order valence-corrected chi connectivity index (χ3v) is 4.04. The van der Waals surface area contributed by atoms with Crippen LogP contribution in [0.15, 0.2) is 35.5 Å². The van der Waals surface area contributed by atoms with Crippen LogP contribution in [0.3, 0.4) is 0 Å². The highest BCUT2D eigenvalue weighted by Crippen LogP contribution is 2.28. The molecule has 1 nitrogen and oxygen atoms in total. The fourth-order valence-electron chi connectivity index (χ4n) is 2.44. The first-order chi connectivity index (χ1) is 8.74. The largest absolute Gasteiger partial charge is 0.250 e. The van der Waals surface area contributed by atoms with Crippen molar-refractivity contribution in [2.45, 2.75) is 33.1 Å². The topological polar surface area (TPSA) is 12.4 Å². The van der Waals surface area contributed by atoms with Gasteiger partial charge in [-0.15, -0.1) is 11.8 Å². The van der Waals surface area contributed by atoms with Crippen molar-refractivity contribution in [3.63, 3.8) is 0 Å². The third kappa shape index (κ3) is 3.05. The van der Waals surface area contributed by atoms with E-state index in [2.05, 4.69) is 49.4 Å². The summed E-state index contributed by atoms with van der Waals surface area (Å²) in [5.41, 5.74) is 4.30. The zero-order valence-electron chi connectivity index (χ0n) is 11.4. The van der Waals surface area contributed by atoms with E-state index in [1.807, 2.05) is 6.20 Å². The number of aliphatic imine (C=N–C) groups is 1. The number of allylic oxidation sites excluding steroid dienone is 1. The smallest absolute Gasteiger partial charge is 0.103 e. The molecule has 0 saturated carbocycles. The van der Waals surface area contributed by atoms with Crippen LogP contribution in [0, 0.1) is 5.92 Å². The summed E-state index contributed by atoms with van der Waals surface area (Å²) in [6.45, 7) is 4.45. The second-order valence-corrected chi connectivity index (χ2v) is 5.72. The van der Waals surface area contributed by atoms with Gasteiger partial charge in [0.15, 0.2) is 0 Å². The Morgan fingerprint density at radius 1 is 1.39 bits per heavy atom. The highest BCUT2D eigenvalue weighted by Gasteiger charge is 2.18. The minimum Gasteiger partial charge on any atom is -0.250 e. The molecule has 1 aromatic rings. The quantitative estimate of drug-likeness (QED) is 0.577. The molecule has 0 aliphatic heterocycles. The number of hydrogen-bond acceptors (Lipinski definition) is 2. The van der Waals surface area contributed by atoms with E-state index in [0.29, 0.717) is 0 Å². The average Bonchev–Trinajstić information content (AvgIpc) is 2.74. The van der Waals surface area contributed by atoms with Gasteiger partial charge >= 0.3 is 0 Å². The van der Waals surface area contributed by atoms with Crippen LogP contribution in [0.4, 0.5) is 0 Å². The molecule has 0 radical (unpaired) electrons. The van der Waals surface area contributed by atoms with E-state index >= 15 is 0 Å². The van der Waals surface area contributed by atoms with E-state index in [1.54, 1.807) is 11.8 Å². The van der Waals surface area contributed by atoms with E-state index in [9.17, 15) is 0 Å². The second-order valence-electron chi connectivity index (χ2n) is 4.93. The lowest BCUT2D eigenvalue weighted by atomic mass is 10.1. The van der Waals surface area contributed by atoms with Crippen LogP contribution in [-0.4, -0.2) is 11.3 Å². The molecule has 1 unspecified atom stereocenters. The molecule has 0 aromatic heterocycles. The highest BCUT2D eigenvalue weighted by molar-refractivity contribution is 8.13. The summed E-state index contributed by atoms with van der Waals surface area (Å²) in [5.74, 6) is 0.796. The first-order valence-corrected chi connectivity index (χ1v) is 7.86. The van der Waals surface area contributed by atoms with Crippen molar-refractivity contribution < 1.29 is 0 Å². The maximum absolute atomic E-state index is 4.55. The molecule has 1 atom stereocenters. The maximum Gasteiger partial charge on any atom is 0.103 e. The van der Waals surface area contributed by atoms with Gasteiger partial charge in [-0.25, -0.2) is 4.99 Å². The zero-order chi connectivity index (χ0) is 13.0. The lowest BCUT2D eigenvalue weighted by molar-refractivity contribution is 0.628. The average molecular weight is 259 g/mol. The van der Waals surface area contributed by atoms with Gasteiger partial charge in [-0.3, -0.25) is 0 Å². The lowest BCUT2D eigenvalue weighted by Gasteiger charge is -2.05. The van der Waals surface area contributed by atoms with Crippen LogP contribution in [0.2, 0.25) is 0 Å². The Bertz CT molecular complexity index is 474. The van der Waals surface area contributed by atoms with Crippen molar-refractivity contribution in [2.75, 3.05) is 6.26 Å². The zero-order valence-corrected chi connectivity index (χ0v) is 12.3. The highest BCUT2D eigenvalue weighted by atomic mass is 32.2. The van der Waals surface area contributed by atoms with Crippen molar-refractivity contribution in [3.05, 3.63) is 47.2 Å². The molecule has 0 heterocycles. The van der Waals surface area contributed by atoms with E-state index in [4.69, 9.17) is 0 Å². The molecule has 0 spiro atoms. The Balaban J connectivity index is 2.25. The van der Waals surface area contributed by atoms with Gasteiger partial charge in [-0.2, -0.15) is 0 Å². The monoisotopic (exact) mass is 259 g/mol. The van der Waals surface area contributed by atoms with E-state index in [0.717, 1.165) is 17.4 Å². The molecule has 0 fully saturated rings. The second kappa shape index (κ2) is 6.24. The van der Waals surface area contributed by atoms with Gasteiger partial charge in [0.1, 0.15) is 5.04 Å². The molecule has 1 aliphatic carbocycles. The summed E-state index contributed by atoms with van der Waals surface area (Å²) in [6, 6.07) is 6.82. The van der Waals surface area contributed by atoms with Gasteiger partial charge in [0.2, 0.25) is 0 Å². The number of thioether (sulfide) groups is 1. The predicted molar refractivity (Wildman–Crippen MR) is 82.5 cm³/mol. The van der Waals surface area contributed by atoms with Crippen LogP contribution in [-0.2, 0) is 12.8 Å². The molecular formula is C16H21NS. The fourth-order valence-corrected chi connectivity index (χ4v) is 2.97. The Hall–Kier alpha value is -1.02. The lowest BCUT2D eigenvalue weighted by Crippen LogP contribution is -1.96. The summed E-state index contributed by atoms with van der Waals surface area (Å²) < 4.78 is 0. The number of nitrogens with zero attached hydrogens (tertiary/aromatic N) is 1. The molecule has 1 aliphatic rings. The summed E-state index contributed by atoms with van der Waals surface area (Å²) in [6.07, 6.45) is 9.58. The van der Waals surface area contributed by atoms with Crippen LogP contribution in [0.5, 0.6) is 0 Å². The van der Waals surface area contributed by atoms with E-state index in [1.165, 1.54) is 29.5 Å². The number of benzene rings is 1. The fraction of sp³-hybridized carbons (Fsp3) is 0.438. The molecule has 18 heavy (non-hydrogen) atoms. The van der Waals surface area contributed by atoms with Crippen molar-refractivity contribution in [1.82, 2.24) is 0 Å². The van der Waals surface area contributed by atoms with E-state index in [-0.39, 0.29) is 0 Å². The molecule has 96 valence electrons. The maximum atomic E-state index is 4.55. The number of fused-ring (bicyclic) bond motifs is 1. The SMILES string of the molecule is CC/C=C/N=C(SC)c1ccc2c(c1)CC(C)C2. The van der Waals surface area contributed by atoms with Gasteiger partial charge in [0.05, 0.1) is 0 Å². The molecule has 0 amide bonds. The summed E-state index contributed by atoms with van der Waals surface area (Å²) >= 11 is 1.72. The first-order valence-electron chi connectivity index (χ1n) is 6.63. The van der Waals surface area contributed by atoms with Crippen molar-refractivity contribution >= 4 is 16.8 Å². The van der Waals surface area contributed by atoms with Gasteiger partial charge < -0.3 is 0 Å². The number of hydrogen-bond donors (Lipinski definition) is 0. The minimum atomic E-state index is 0.796. The summed E-state index contributed by atoms with van der Waals surface area (Å²) in [7, 11) is 0. The van der Waals surface area contributed by atoms with Crippen molar-refractivity contribution in [1.29, 1.82) is 0 Å². The van der Waals surface area contributed by atoms with E-state index < -0.39 is 0 Å². The van der Waals surface area contributed by atoms with Gasteiger partial charge in [0.25, 0.3) is 0 Å². The molecule has 0 bridgehead atoms. The molecular weight excluding hydrogens is 238 g/mol. The standard InChI is InChI=1S/C16H21NS/c1-4-5-8-17-16(18-3)14-7-6-13-9-12(2)10-15(13)11-14/h5-8,11-12H,4,9-10H2,1-3H3/b8-5+,17-16?. The third-order valence-electron chi connectivity index (χ3n) is 3.32. The minimum absolute atomic E-state index is 0.796. The van der Waals surface area contributed by atoms with Crippen molar-refractivity contribution in [3.8, 4) is 0 Å². The first kappa shape index (κ1) is 13.4. The molecule has 2 rings (SSSR count). The Morgan fingerprint density at radius 3 is 2.89 bits per heavy atom. The molecule has 1 aromatic carbocycles. The Morgan fingerprint density at radius 2 is 2.17 bits per heavy atom. The molecule has 0 N–H and O–H groups in total. The normalized spacial score (nSPS) is 19.5.